The summed E-state index contributed by atoms with van der Waals surface area (Å²) in [5.41, 5.74) is 6.34. The van der Waals surface area contributed by atoms with Crippen LogP contribution in [0.2, 0.25) is 5.02 Å². The number of anilines is 1. The predicted octanol–water partition coefficient (Wildman–Crippen LogP) is 4.87. The van der Waals surface area contributed by atoms with E-state index in [1.807, 2.05) is 24.3 Å². The normalized spacial score (nSPS) is 19.1. The van der Waals surface area contributed by atoms with Gasteiger partial charge in [0, 0.05) is 22.3 Å². The molecule has 0 amide bonds. The molecule has 1 aliphatic rings. The summed E-state index contributed by atoms with van der Waals surface area (Å²) in [7, 11) is 0. The molecular formula is C16H18ClN3. The van der Waals surface area contributed by atoms with Gasteiger partial charge in [0.05, 0.1) is 11.2 Å². The van der Waals surface area contributed by atoms with Gasteiger partial charge in [-0.15, -0.1) is 0 Å². The van der Waals surface area contributed by atoms with Crippen LogP contribution in [0.1, 0.15) is 32.6 Å². The lowest BCUT2D eigenvalue weighted by Crippen LogP contribution is -2.13. The molecule has 0 atom stereocenters. The summed E-state index contributed by atoms with van der Waals surface area (Å²) < 4.78 is 0. The van der Waals surface area contributed by atoms with Crippen molar-refractivity contribution < 1.29 is 0 Å². The second-order valence-corrected chi connectivity index (χ2v) is 5.93. The van der Waals surface area contributed by atoms with E-state index in [9.17, 15) is 0 Å². The van der Waals surface area contributed by atoms with Crippen molar-refractivity contribution in [1.82, 2.24) is 4.98 Å². The number of halogens is 1. The minimum absolute atomic E-state index is 0.703. The number of pyridine rings is 1. The van der Waals surface area contributed by atoms with Crippen LogP contribution < -0.4 is 5.43 Å². The van der Waals surface area contributed by atoms with Gasteiger partial charge in [0.25, 0.3) is 0 Å². The molecule has 1 fully saturated rings. The van der Waals surface area contributed by atoms with Crippen molar-refractivity contribution in [2.24, 2.45) is 11.0 Å². The first-order valence-electron chi connectivity index (χ1n) is 7.08. The number of hydrazone groups is 1. The molecule has 0 unspecified atom stereocenters. The van der Waals surface area contributed by atoms with Crippen LogP contribution in [0.25, 0.3) is 10.9 Å². The summed E-state index contributed by atoms with van der Waals surface area (Å²) in [6.07, 6.45) is 6.47. The van der Waals surface area contributed by atoms with Gasteiger partial charge in [-0.25, -0.2) is 0 Å². The van der Waals surface area contributed by atoms with Gasteiger partial charge in [0.15, 0.2) is 0 Å². The highest BCUT2D eigenvalue weighted by atomic mass is 35.5. The van der Waals surface area contributed by atoms with Crippen LogP contribution in [-0.4, -0.2) is 10.7 Å². The van der Waals surface area contributed by atoms with Gasteiger partial charge >= 0.3 is 0 Å². The average Bonchev–Trinajstić information content (AvgIpc) is 2.46. The van der Waals surface area contributed by atoms with E-state index in [0.29, 0.717) is 5.02 Å². The zero-order chi connectivity index (χ0) is 13.9. The molecule has 4 heteroatoms. The third-order valence-corrected chi connectivity index (χ3v) is 4.13. The van der Waals surface area contributed by atoms with E-state index >= 15 is 0 Å². The highest BCUT2D eigenvalue weighted by Gasteiger charge is 2.13. The number of hydrogen-bond acceptors (Lipinski definition) is 3. The fourth-order valence-corrected chi connectivity index (χ4v) is 2.73. The second-order valence-electron chi connectivity index (χ2n) is 5.49. The zero-order valence-electron chi connectivity index (χ0n) is 11.6. The Bertz CT molecular complexity index is 641. The SMILES string of the molecule is CC1CCC(=NNc2ccnc3cc(Cl)ccc23)CC1. The fraction of sp³-hybridized carbons (Fsp3) is 0.375. The smallest absolute Gasteiger partial charge is 0.0738 e. The highest BCUT2D eigenvalue weighted by molar-refractivity contribution is 6.31. The zero-order valence-corrected chi connectivity index (χ0v) is 12.3. The Balaban J connectivity index is 1.82. The van der Waals surface area contributed by atoms with E-state index in [1.165, 1.54) is 18.6 Å². The minimum Gasteiger partial charge on any atom is -0.278 e. The summed E-state index contributed by atoms with van der Waals surface area (Å²) in [4.78, 5) is 4.33. The molecule has 1 aromatic heterocycles. The molecule has 1 saturated carbocycles. The van der Waals surface area contributed by atoms with Crippen LogP contribution in [0.15, 0.2) is 35.6 Å². The quantitative estimate of drug-likeness (QED) is 0.800. The van der Waals surface area contributed by atoms with E-state index in [4.69, 9.17) is 11.6 Å². The van der Waals surface area contributed by atoms with Gasteiger partial charge in [-0.2, -0.15) is 5.10 Å². The summed E-state index contributed by atoms with van der Waals surface area (Å²) in [6, 6.07) is 7.69. The van der Waals surface area contributed by atoms with Crippen molar-refractivity contribution in [3.8, 4) is 0 Å². The van der Waals surface area contributed by atoms with Gasteiger partial charge in [0.1, 0.15) is 0 Å². The molecule has 3 nitrogen and oxygen atoms in total. The number of hydrogen-bond donors (Lipinski definition) is 1. The Kier molecular flexibility index (Phi) is 3.88. The van der Waals surface area contributed by atoms with E-state index < -0.39 is 0 Å². The number of aromatic nitrogens is 1. The Morgan fingerprint density at radius 2 is 2.05 bits per heavy atom. The van der Waals surface area contributed by atoms with Crippen LogP contribution in [-0.2, 0) is 0 Å². The highest BCUT2D eigenvalue weighted by Crippen LogP contribution is 2.25. The Hall–Kier alpha value is -1.61. The maximum Gasteiger partial charge on any atom is 0.0738 e. The van der Waals surface area contributed by atoms with Crippen molar-refractivity contribution >= 4 is 33.9 Å². The van der Waals surface area contributed by atoms with Crippen LogP contribution >= 0.6 is 11.6 Å². The summed E-state index contributed by atoms with van der Waals surface area (Å²) in [5, 5.41) is 6.32. The average molecular weight is 288 g/mol. The fourth-order valence-electron chi connectivity index (χ4n) is 2.57. The van der Waals surface area contributed by atoms with Crippen LogP contribution in [0.4, 0.5) is 5.69 Å². The Morgan fingerprint density at radius 1 is 1.25 bits per heavy atom. The lowest BCUT2D eigenvalue weighted by atomic mass is 9.90. The minimum atomic E-state index is 0.703. The molecule has 2 aromatic rings. The molecule has 1 aliphatic carbocycles. The molecule has 1 N–H and O–H groups in total. The van der Waals surface area contributed by atoms with Gasteiger partial charge in [-0.3, -0.25) is 10.4 Å². The van der Waals surface area contributed by atoms with Crippen molar-refractivity contribution in [2.75, 3.05) is 5.43 Å². The molecule has 0 radical (unpaired) electrons. The first-order valence-corrected chi connectivity index (χ1v) is 7.46. The molecule has 0 bridgehead atoms. The number of nitrogens with one attached hydrogen (secondary N) is 1. The number of fused-ring (bicyclic) bond motifs is 1. The maximum absolute atomic E-state index is 6.00. The summed E-state index contributed by atoms with van der Waals surface area (Å²) >= 11 is 6.00. The van der Waals surface area contributed by atoms with Gasteiger partial charge < -0.3 is 0 Å². The monoisotopic (exact) mass is 287 g/mol. The summed E-state index contributed by atoms with van der Waals surface area (Å²) in [6.45, 7) is 2.31. The lowest BCUT2D eigenvalue weighted by Gasteiger charge is -2.19. The van der Waals surface area contributed by atoms with Crippen molar-refractivity contribution in [1.29, 1.82) is 0 Å². The van der Waals surface area contributed by atoms with Crippen LogP contribution in [0.3, 0.4) is 0 Å². The third-order valence-electron chi connectivity index (χ3n) is 3.89. The van der Waals surface area contributed by atoms with E-state index in [0.717, 1.165) is 35.3 Å². The first-order chi connectivity index (χ1) is 9.72. The molecule has 104 valence electrons. The Morgan fingerprint density at radius 3 is 2.85 bits per heavy atom. The maximum atomic E-state index is 6.00. The molecule has 1 heterocycles. The van der Waals surface area contributed by atoms with Crippen molar-refractivity contribution in [3.63, 3.8) is 0 Å². The van der Waals surface area contributed by atoms with Crippen molar-refractivity contribution in [3.05, 3.63) is 35.5 Å². The van der Waals surface area contributed by atoms with Crippen LogP contribution in [0.5, 0.6) is 0 Å². The molecule has 20 heavy (non-hydrogen) atoms. The number of nitrogens with zero attached hydrogens (tertiary/aromatic N) is 2. The first kappa shape index (κ1) is 13.4. The van der Waals surface area contributed by atoms with Gasteiger partial charge in [-0.1, -0.05) is 18.5 Å². The Labute approximate surface area is 124 Å². The predicted molar refractivity (Wildman–Crippen MR) is 85.4 cm³/mol. The molecular weight excluding hydrogens is 270 g/mol. The van der Waals surface area contributed by atoms with Gasteiger partial charge in [-0.05, 0) is 55.9 Å². The number of rotatable bonds is 2. The summed E-state index contributed by atoms with van der Waals surface area (Å²) in [5.74, 6) is 0.831. The second kappa shape index (κ2) is 5.80. The van der Waals surface area contributed by atoms with Crippen LogP contribution in [0, 0.1) is 5.92 Å². The topological polar surface area (TPSA) is 37.3 Å². The number of benzene rings is 1. The molecule has 0 saturated heterocycles. The molecule has 0 aliphatic heterocycles. The standard InChI is InChI=1S/C16H18ClN3/c1-11-2-5-13(6-3-11)19-20-15-8-9-18-16-10-12(17)4-7-14(15)16/h4,7-11H,2-3,5-6H2,1H3,(H,18,20). The lowest BCUT2D eigenvalue weighted by molar-refractivity contribution is 0.483. The van der Waals surface area contributed by atoms with Gasteiger partial charge in [0.2, 0.25) is 0 Å². The van der Waals surface area contributed by atoms with Crippen molar-refractivity contribution in [2.45, 2.75) is 32.6 Å². The largest absolute Gasteiger partial charge is 0.278 e. The molecule has 0 spiro atoms. The van der Waals surface area contributed by atoms with E-state index in [2.05, 4.69) is 22.4 Å². The van der Waals surface area contributed by atoms with E-state index in [1.54, 1.807) is 6.20 Å². The third kappa shape index (κ3) is 2.93. The molecule has 3 rings (SSSR count). The molecule has 1 aromatic carbocycles. The van der Waals surface area contributed by atoms with E-state index in [-0.39, 0.29) is 0 Å².